The van der Waals surface area contributed by atoms with Crippen LogP contribution < -0.4 is 5.32 Å². The van der Waals surface area contributed by atoms with Crippen molar-refractivity contribution in [3.63, 3.8) is 0 Å². The molecule has 0 unspecified atom stereocenters. The van der Waals surface area contributed by atoms with Crippen molar-refractivity contribution in [2.45, 2.75) is 58.6 Å². The smallest absolute Gasteiger partial charge is 0.280 e. The van der Waals surface area contributed by atoms with Crippen LogP contribution in [0.1, 0.15) is 46.5 Å². The first-order chi connectivity index (χ1) is 10.5. The molecular formula is C17H29FN2O2. The molecule has 0 atom stereocenters. The first kappa shape index (κ1) is 17.4. The second-order valence-electron chi connectivity index (χ2n) is 6.78. The van der Waals surface area contributed by atoms with E-state index in [1.54, 1.807) is 6.92 Å². The van der Waals surface area contributed by atoms with Crippen molar-refractivity contribution in [1.29, 1.82) is 0 Å². The van der Waals surface area contributed by atoms with Crippen LogP contribution in [0.25, 0.3) is 0 Å². The third kappa shape index (κ3) is 5.36. The summed E-state index contributed by atoms with van der Waals surface area (Å²) in [4.78, 5) is 14.3. The van der Waals surface area contributed by atoms with E-state index in [1.807, 2.05) is 13.8 Å². The summed E-state index contributed by atoms with van der Waals surface area (Å²) in [7, 11) is 0. The number of rotatable bonds is 7. The Kier molecular flexibility index (Phi) is 6.38. The van der Waals surface area contributed by atoms with Crippen molar-refractivity contribution in [1.82, 2.24) is 10.2 Å². The Morgan fingerprint density at radius 3 is 2.45 bits per heavy atom. The lowest BCUT2D eigenvalue weighted by Crippen LogP contribution is -2.45. The lowest BCUT2D eigenvalue weighted by Gasteiger charge is -2.32. The maximum Gasteiger partial charge on any atom is 0.280 e. The molecule has 0 bridgehead atoms. The minimum atomic E-state index is -0.560. The van der Waals surface area contributed by atoms with E-state index in [-0.39, 0.29) is 12.1 Å². The van der Waals surface area contributed by atoms with Gasteiger partial charge in [-0.05, 0) is 57.9 Å². The summed E-state index contributed by atoms with van der Waals surface area (Å²) in [6.45, 7) is 9.34. The van der Waals surface area contributed by atoms with Crippen molar-refractivity contribution >= 4 is 5.91 Å². The van der Waals surface area contributed by atoms with Crippen LogP contribution in [0.15, 0.2) is 11.4 Å². The van der Waals surface area contributed by atoms with Gasteiger partial charge in [-0.2, -0.15) is 0 Å². The largest absolute Gasteiger partial charge is 0.377 e. The van der Waals surface area contributed by atoms with E-state index in [0.717, 1.165) is 51.9 Å². The van der Waals surface area contributed by atoms with E-state index >= 15 is 0 Å². The Bertz CT molecular complexity index is 411. The SMILES string of the molecule is CC(=C(F)C(=O)NC1CCN(CCOC(C)C)CC1)C1CC1. The molecule has 4 nitrogen and oxygen atoms in total. The highest BCUT2D eigenvalue weighted by Crippen LogP contribution is 2.37. The molecule has 1 aliphatic heterocycles. The Morgan fingerprint density at radius 1 is 1.27 bits per heavy atom. The number of ether oxygens (including phenoxy) is 1. The molecule has 2 fully saturated rings. The maximum atomic E-state index is 14.0. The Hall–Kier alpha value is -0.940. The summed E-state index contributed by atoms with van der Waals surface area (Å²) in [5.74, 6) is -0.783. The van der Waals surface area contributed by atoms with Gasteiger partial charge >= 0.3 is 0 Å². The van der Waals surface area contributed by atoms with Crippen LogP contribution in [0.3, 0.4) is 0 Å². The van der Waals surface area contributed by atoms with E-state index in [4.69, 9.17) is 4.74 Å². The minimum Gasteiger partial charge on any atom is -0.377 e. The molecule has 22 heavy (non-hydrogen) atoms. The molecule has 126 valence electrons. The molecular weight excluding hydrogens is 283 g/mol. The van der Waals surface area contributed by atoms with Gasteiger partial charge in [0.05, 0.1) is 12.7 Å². The normalized spacial score (nSPS) is 21.9. The van der Waals surface area contributed by atoms with Crippen LogP contribution in [-0.2, 0) is 9.53 Å². The summed E-state index contributed by atoms with van der Waals surface area (Å²) in [5, 5.41) is 2.85. The summed E-state index contributed by atoms with van der Waals surface area (Å²) >= 11 is 0. The summed E-state index contributed by atoms with van der Waals surface area (Å²) in [5.41, 5.74) is 0.626. The van der Waals surface area contributed by atoms with Crippen LogP contribution in [-0.4, -0.2) is 49.2 Å². The van der Waals surface area contributed by atoms with Gasteiger partial charge in [0.25, 0.3) is 5.91 Å². The number of hydrogen-bond acceptors (Lipinski definition) is 3. The molecule has 2 rings (SSSR count). The molecule has 1 aliphatic carbocycles. The van der Waals surface area contributed by atoms with Crippen molar-refractivity contribution in [2.75, 3.05) is 26.2 Å². The van der Waals surface area contributed by atoms with Crippen molar-refractivity contribution in [3.05, 3.63) is 11.4 Å². The van der Waals surface area contributed by atoms with Crippen LogP contribution >= 0.6 is 0 Å². The van der Waals surface area contributed by atoms with Gasteiger partial charge in [0, 0.05) is 25.7 Å². The number of allylic oxidation sites excluding steroid dienone is 1. The lowest BCUT2D eigenvalue weighted by molar-refractivity contribution is -0.120. The van der Waals surface area contributed by atoms with Crippen LogP contribution in [0.2, 0.25) is 0 Å². The predicted octanol–water partition coefficient (Wildman–Crippen LogP) is 2.65. The Morgan fingerprint density at radius 2 is 1.91 bits per heavy atom. The Labute approximate surface area is 133 Å². The molecule has 0 spiro atoms. The Balaban J connectivity index is 1.68. The van der Waals surface area contributed by atoms with Gasteiger partial charge < -0.3 is 15.0 Å². The highest BCUT2D eigenvalue weighted by atomic mass is 19.1. The van der Waals surface area contributed by atoms with Gasteiger partial charge in [-0.15, -0.1) is 0 Å². The molecule has 0 aromatic carbocycles. The van der Waals surface area contributed by atoms with E-state index in [2.05, 4.69) is 10.2 Å². The van der Waals surface area contributed by atoms with Crippen LogP contribution in [0.5, 0.6) is 0 Å². The molecule has 0 aromatic heterocycles. The number of hydrogen-bond donors (Lipinski definition) is 1. The maximum absolute atomic E-state index is 14.0. The summed E-state index contributed by atoms with van der Waals surface area (Å²) in [6.07, 6.45) is 4.06. The number of amides is 1. The summed E-state index contributed by atoms with van der Waals surface area (Å²) < 4.78 is 19.6. The van der Waals surface area contributed by atoms with Gasteiger partial charge in [0.15, 0.2) is 5.83 Å². The van der Waals surface area contributed by atoms with Crippen molar-refractivity contribution in [3.8, 4) is 0 Å². The number of likely N-dealkylation sites (tertiary alicyclic amines) is 1. The van der Waals surface area contributed by atoms with Crippen LogP contribution in [0.4, 0.5) is 4.39 Å². The topological polar surface area (TPSA) is 41.6 Å². The first-order valence-electron chi connectivity index (χ1n) is 8.48. The zero-order chi connectivity index (χ0) is 16.1. The third-order valence-electron chi connectivity index (χ3n) is 4.52. The highest BCUT2D eigenvalue weighted by Gasteiger charge is 2.29. The zero-order valence-electron chi connectivity index (χ0n) is 14.0. The lowest BCUT2D eigenvalue weighted by atomic mass is 10.0. The molecule has 1 saturated carbocycles. The van der Waals surface area contributed by atoms with Gasteiger partial charge in [-0.3, -0.25) is 4.79 Å². The molecule has 5 heteroatoms. The fourth-order valence-electron chi connectivity index (χ4n) is 2.84. The van der Waals surface area contributed by atoms with E-state index in [0.29, 0.717) is 11.5 Å². The van der Waals surface area contributed by atoms with E-state index < -0.39 is 11.7 Å². The molecule has 1 saturated heterocycles. The highest BCUT2D eigenvalue weighted by molar-refractivity contribution is 5.92. The van der Waals surface area contributed by atoms with Gasteiger partial charge in [-0.1, -0.05) is 0 Å². The average molecular weight is 312 g/mol. The van der Waals surface area contributed by atoms with Gasteiger partial charge in [0.2, 0.25) is 0 Å². The number of carbonyl (C=O) groups is 1. The zero-order valence-corrected chi connectivity index (χ0v) is 14.0. The van der Waals surface area contributed by atoms with Gasteiger partial charge in [-0.25, -0.2) is 4.39 Å². The number of piperidine rings is 1. The first-order valence-corrected chi connectivity index (χ1v) is 8.48. The van der Waals surface area contributed by atoms with Crippen molar-refractivity contribution < 1.29 is 13.9 Å². The molecule has 1 amide bonds. The third-order valence-corrected chi connectivity index (χ3v) is 4.52. The molecule has 1 N–H and O–H groups in total. The minimum absolute atomic E-state index is 0.0903. The molecule has 0 aromatic rings. The van der Waals surface area contributed by atoms with Crippen molar-refractivity contribution in [2.24, 2.45) is 5.92 Å². The number of nitrogens with one attached hydrogen (secondary N) is 1. The monoisotopic (exact) mass is 312 g/mol. The standard InChI is InChI=1S/C17H29FN2O2/c1-12(2)22-11-10-20-8-6-15(7-9-20)19-17(21)16(18)13(3)14-4-5-14/h12,14-15H,4-11H2,1-3H3,(H,19,21). The fourth-order valence-corrected chi connectivity index (χ4v) is 2.84. The van der Waals surface area contributed by atoms with E-state index in [9.17, 15) is 9.18 Å². The number of halogens is 1. The van der Waals surface area contributed by atoms with Gasteiger partial charge in [0.1, 0.15) is 0 Å². The van der Waals surface area contributed by atoms with Crippen LogP contribution in [0, 0.1) is 5.92 Å². The second-order valence-corrected chi connectivity index (χ2v) is 6.78. The predicted molar refractivity (Wildman–Crippen MR) is 85.2 cm³/mol. The van der Waals surface area contributed by atoms with E-state index in [1.165, 1.54) is 0 Å². The fraction of sp³-hybridized carbons (Fsp3) is 0.824. The molecule has 2 aliphatic rings. The second kappa shape index (κ2) is 8.06. The number of nitrogens with zero attached hydrogens (tertiary/aromatic N) is 1. The average Bonchev–Trinajstić information content (AvgIpc) is 3.32. The molecule has 0 radical (unpaired) electrons. The molecule has 1 heterocycles. The summed E-state index contributed by atoms with van der Waals surface area (Å²) in [6, 6.07) is 0.0903. The number of carbonyl (C=O) groups excluding carboxylic acids is 1. The quantitative estimate of drug-likeness (QED) is 0.735.